The molecule has 0 aliphatic carbocycles. The Morgan fingerprint density at radius 3 is 1.91 bits per heavy atom. The summed E-state index contributed by atoms with van der Waals surface area (Å²) in [5.41, 5.74) is -1.77. The Bertz CT molecular complexity index is 829. The molecule has 1 aromatic carbocycles. The summed E-state index contributed by atoms with van der Waals surface area (Å²) in [4.78, 5) is 39.7. The van der Waals surface area contributed by atoms with Crippen LogP contribution in [0.25, 0.3) is 0 Å². The van der Waals surface area contributed by atoms with Crippen LogP contribution in [-0.2, 0) is 9.47 Å². The van der Waals surface area contributed by atoms with Gasteiger partial charge in [0.25, 0.3) is 5.69 Å². The van der Waals surface area contributed by atoms with Gasteiger partial charge in [-0.3, -0.25) is 10.1 Å². The number of amides is 2. The van der Waals surface area contributed by atoms with Crippen molar-refractivity contribution in [3.05, 3.63) is 28.3 Å². The third kappa shape index (κ3) is 6.99. The molecule has 0 N–H and O–H groups in total. The van der Waals surface area contributed by atoms with Gasteiger partial charge in [-0.15, -0.1) is 0 Å². The van der Waals surface area contributed by atoms with E-state index in [1.165, 1.54) is 12.1 Å². The summed E-state index contributed by atoms with van der Waals surface area (Å²) in [6.45, 7) is 12.9. The maximum atomic E-state index is 12.9. The minimum Gasteiger partial charge on any atom is -0.443 e. The Morgan fingerprint density at radius 2 is 1.50 bits per heavy atom. The number of nitrogens with zero attached hydrogens (tertiary/aromatic N) is 4. The lowest BCUT2D eigenvalue weighted by molar-refractivity contribution is -0.384. The Balaban J connectivity index is 2.46. The number of anilines is 2. The third-order valence-corrected chi connectivity index (χ3v) is 5.29. The van der Waals surface area contributed by atoms with Crippen LogP contribution in [0.4, 0.5) is 26.7 Å². The highest BCUT2D eigenvalue weighted by atomic mass is 32.2. The van der Waals surface area contributed by atoms with Crippen molar-refractivity contribution < 1.29 is 24.0 Å². The van der Waals surface area contributed by atoms with Crippen LogP contribution < -0.4 is 9.80 Å². The largest absolute Gasteiger partial charge is 0.443 e. The van der Waals surface area contributed by atoms with Gasteiger partial charge in [0.2, 0.25) is 0 Å². The van der Waals surface area contributed by atoms with Crippen molar-refractivity contribution >= 4 is 41.2 Å². The monoisotopic (exact) mass is 468 g/mol. The second kappa shape index (κ2) is 9.95. The Morgan fingerprint density at radius 1 is 1.00 bits per heavy atom. The molecule has 32 heavy (non-hydrogen) atoms. The van der Waals surface area contributed by atoms with E-state index in [0.717, 1.165) is 13.1 Å². The van der Waals surface area contributed by atoms with E-state index in [0.29, 0.717) is 23.7 Å². The van der Waals surface area contributed by atoms with Crippen LogP contribution in [-0.4, -0.2) is 65.1 Å². The quantitative estimate of drug-likeness (QED) is 0.354. The van der Waals surface area contributed by atoms with Gasteiger partial charge in [-0.1, -0.05) is 11.9 Å². The normalized spacial score (nSPS) is 15.3. The minimum atomic E-state index is -1.05. The van der Waals surface area contributed by atoms with Gasteiger partial charge in [0, 0.05) is 37.9 Å². The molecule has 10 nitrogen and oxygen atoms in total. The molecule has 178 valence electrons. The number of ether oxygens (including phenoxy) is 2. The summed E-state index contributed by atoms with van der Waals surface area (Å²) in [5, 5.41) is 11.9. The lowest BCUT2D eigenvalue weighted by Crippen LogP contribution is -2.44. The number of carbonyl (C=O) groups excluding carboxylic acids is 2. The molecule has 0 radical (unpaired) electrons. The number of rotatable bonds is 4. The lowest BCUT2D eigenvalue weighted by Gasteiger charge is -2.35. The molecule has 2 rings (SSSR count). The van der Waals surface area contributed by atoms with Crippen LogP contribution in [0.5, 0.6) is 0 Å². The van der Waals surface area contributed by atoms with Gasteiger partial charge in [0.15, 0.2) is 0 Å². The van der Waals surface area contributed by atoms with Crippen LogP contribution in [0.15, 0.2) is 18.2 Å². The van der Waals surface area contributed by atoms with Gasteiger partial charge in [0.1, 0.15) is 16.9 Å². The van der Waals surface area contributed by atoms with Gasteiger partial charge >= 0.3 is 12.2 Å². The van der Waals surface area contributed by atoms with Crippen molar-refractivity contribution in [2.24, 2.45) is 0 Å². The summed E-state index contributed by atoms with van der Waals surface area (Å²) < 4.78 is 12.9. The zero-order valence-corrected chi connectivity index (χ0v) is 20.5. The Hall–Kier alpha value is -2.53. The second-order valence-electron chi connectivity index (χ2n) is 9.32. The van der Waals surface area contributed by atoms with E-state index in [4.69, 9.17) is 9.47 Å². The molecular weight excluding hydrogens is 436 g/mol. The molecule has 1 saturated heterocycles. The molecule has 1 aliphatic heterocycles. The highest BCUT2D eigenvalue weighted by Crippen LogP contribution is 2.35. The Kier molecular flexibility index (Phi) is 8.00. The molecule has 2 amide bonds. The fourth-order valence-corrected chi connectivity index (χ4v) is 3.59. The van der Waals surface area contributed by atoms with Gasteiger partial charge in [-0.05, 0) is 59.9 Å². The molecule has 0 bridgehead atoms. The van der Waals surface area contributed by atoms with Crippen LogP contribution in [0.3, 0.4) is 0 Å². The molecule has 0 aromatic heterocycles. The van der Waals surface area contributed by atoms with E-state index in [1.54, 1.807) is 59.6 Å². The maximum absolute atomic E-state index is 12.9. The molecule has 0 saturated carbocycles. The van der Waals surface area contributed by atoms with E-state index in [9.17, 15) is 19.7 Å². The van der Waals surface area contributed by atoms with E-state index in [2.05, 4.69) is 4.31 Å². The summed E-state index contributed by atoms with van der Waals surface area (Å²) in [6.07, 6.45) is -0.0793. The number of carbonyl (C=O) groups is 2. The van der Waals surface area contributed by atoms with E-state index >= 15 is 0 Å². The smallest absolute Gasteiger partial charge is 0.424 e. The van der Waals surface area contributed by atoms with Crippen LogP contribution in [0, 0.1) is 10.1 Å². The first-order valence-electron chi connectivity index (χ1n) is 10.3. The molecule has 1 fully saturated rings. The van der Waals surface area contributed by atoms with Gasteiger partial charge in [-0.25, -0.2) is 13.9 Å². The maximum Gasteiger partial charge on any atom is 0.424 e. The third-order valence-electron chi connectivity index (χ3n) is 4.41. The molecule has 0 atom stereocenters. The number of hydrogen-bond donors (Lipinski definition) is 0. The minimum absolute atomic E-state index is 0.204. The fraction of sp³-hybridized carbons (Fsp3) is 0.619. The van der Waals surface area contributed by atoms with Crippen LogP contribution in [0.1, 0.15) is 41.5 Å². The van der Waals surface area contributed by atoms with Crippen molar-refractivity contribution in [2.75, 3.05) is 42.2 Å². The van der Waals surface area contributed by atoms with Gasteiger partial charge in [-0.2, -0.15) is 4.90 Å². The van der Waals surface area contributed by atoms with Gasteiger partial charge in [0.05, 0.1) is 4.92 Å². The fourth-order valence-electron chi connectivity index (χ4n) is 3.06. The number of imide groups is 1. The van der Waals surface area contributed by atoms with Crippen molar-refractivity contribution in [1.29, 1.82) is 0 Å². The molecular formula is C21H32N4O6S. The lowest BCUT2D eigenvalue weighted by atomic mass is 10.2. The second-order valence-corrected chi connectivity index (χ2v) is 10.2. The zero-order valence-electron chi connectivity index (χ0n) is 19.7. The molecule has 0 spiro atoms. The summed E-state index contributed by atoms with van der Waals surface area (Å²) in [7, 11) is 0. The number of piperazine rings is 1. The number of benzene rings is 1. The molecule has 1 aliphatic rings. The van der Waals surface area contributed by atoms with E-state index in [1.807, 2.05) is 11.2 Å². The van der Waals surface area contributed by atoms with Crippen molar-refractivity contribution in [1.82, 2.24) is 4.31 Å². The average Bonchev–Trinajstić information content (AvgIpc) is 2.65. The van der Waals surface area contributed by atoms with Crippen molar-refractivity contribution in [3.63, 3.8) is 0 Å². The number of nitro benzene ring substituents is 1. The first-order valence-corrected chi connectivity index (χ1v) is 11.5. The topological polar surface area (TPSA) is 105 Å². The summed E-state index contributed by atoms with van der Waals surface area (Å²) in [5.74, 6) is 0. The zero-order chi connectivity index (χ0) is 24.3. The Labute approximate surface area is 193 Å². The first-order chi connectivity index (χ1) is 14.7. The molecule has 1 aromatic rings. The van der Waals surface area contributed by atoms with Crippen molar-refractivity contribution in [2.45, 2.75) is 52.7 Å². The molecule has 11 heteroatoms. The predicted molar refractivity (Wildman–Crippen MR) is 125 cm³/mol. The molecule has 0 unspecified atom stereocenters. The summed E-state index contributed by atoms with van der Waals surface area (Å²) in [6, 6.07) is 4.44. The molecule has 1 heterocycles. The SMILES string of the molecule is CSN1CCN(c2ccc(N(C(=O)OC(C)(C)C)C(=O)OC(C)(C)C)c([N+](=O)[O-])c2)CC1. The average molecular weight is 469 g/mol. The van der Waals surface area contributed by atoms with E-state index in [-0.39, 0.29) is 11.4 Å². The number of nitro groups is 1. The van der Waals surface area contributed by atoms with E-state index < -0.39 is 28.3 Å². The van der Waals surface area contributed by atoms with Crippen molar-refractivity contribution in [3.8, 4) is 0 Å². The number of hydrogen-bond acceptors (Lipinski definition) is 9. The first kappa shape index (κ1) is 25.7. The predicted octanol–water partition coefficient (Wildman–Crippen LogP) is 4.67. The van der Waals surface area contributed by atoms with Crippen LogP contribution >= 0.6 is 11.9 Å². The highest BCUT2D eigenvalue weighted by Gasteiger charge is 2.37. The van der Waals surface area contributed by atoms with Gasteiger partial charge < -0.3 is 14.4 Å². The highest BCUT2D eigenvalue weighted by molar-refractivity contribution is 7.96. The van der Waals surface area contributed by atoms with Crippen LogP contribution in [0.2, 0.25) is 0 Å². The standard InChI is InChI=1S/C21H32N4O6S/c1-20(2,3)30-18(26)24(19(27)31-21(4,5)6)16-9-8-15(14-17(16)25(28)29)22-10-12-23(32-7)13-11-22/h8-9,14H,10-13H2,1-7H3. The summed E-state index contributed by atoms with van der Waals surface area (Å²) >= 11 is 1.66.